The predicted octanol–water partition coefficient (Wildman–Crippen LogP) is 2.05. The van der Waals surface area contributed by atoms with Crippen LogP contribution in [0, 0.1) is 5.82 Å². The van der Waals surface area contributed by atoms with E-state index in [0.29, 0.717) is 25.4 Å². The fourth-order valence-electron chi connectivity index (χ4n) is 2.41. The molecule has 1 aromatic carbocycles. The molecule has 1 aliphatic rings. The van der Waals surface area contributed by atoms with Gasteiger partial charge in [-0.2, -0.15) is 0 Å². The van der Waals surface area contributed by atoms with E-state index >= 15 is 0 Å². The first-order chi connectivity index (χ1) is 8.63. The van der Waals surface area contributed by atoms with Gasteiger partial charge in [0.1, 0.15) is 6.61 Å². The minimum absolute atomic E-state index is 0.293. The van der Waals surface area contributed by atoms with Gasteiger partial charge in [-0.25, -0.2) is 4.39 Å². The van der Waals surface area contributed by atoms with Gasteiger partial charge in [0.2, 0.25) is 0 Å². The maximum Gasteiger partial charge on any atom is 0.165 e. The molecule has 1 aromatic rings. The number of aliphatic hydroxyl groups is 1. The van der Waals surface area contributed by atoms with Crippen molar-refractivity contribution in [3.8, 4) is 5.75 Å². The van der Waals surface area contributed by atoms with Gasteiger partial charge < -0.3 is 9.84 Å². The number of halogens is 1. The normalized spacial score (nSPS) is 18.4. The highest BCUT2D eigenvalue weighted by Crippen LogP contribution is 2.25. The minimum Gasteiger partial charge on any atom is -0.489 e. The van der Waals surface area contributed by atoms with E-state index in [4.69, 9.17) is 4.74 Å². The first kappa shape index (κ1) is 13.3. The third-order valence-corrected chi connectivity index (χ3v) is 3.25. The molecule has 1 aliphatic heterocycles. The van der Waals surface area contributed by atoms with E-state index in [1.165, 1.54) is 6.07 Å². The fraction of sp³-hybridized carbons (Fsp3) is 0.571. The molecule has 0 atom stereocenters. The summed E-state index contributed by atoms with van der Waals surface area (Å²) < 4.78 is 18.6. The number of hydrogen-bond donors (Lipinski definition) is 1. The quantitative estimate of drug-likeness (QED) is 0.842. The Morgan fingerprint density at radius 1 is 1.39 bits per heavy atom. The summed E-state index contributed by atoms with van der Waals surface area (Å²) in [5.41, 5.74) is -0.507. The lowest BCUT2D eigenvalue weighted by Crippen LogP contribution is -2.62. The van der Waals surface area contributed by atoms with Crippen LogP contribution in [0.15, 0.2) is 24.3 Å². The first-order valence-electron chi connectivity index (χ1n) is 6.45. The number of rotatable bonds is 6. The monoisotopic (exact) mass is 253 g/mol. The van der Waals surface area contributed by atoms with Crippen molar-refractivity contribution in [1.82, 2.24) is 4.90 Å². The first-order valence-corrected chi connectivity index (χ1v) is 6.45. The van der Waals surface area contributed by atoms with Crippen LogP contribution in [0.1, 0.15) is 19.8 Å². The van der Waals surface area contributed by atoms with E-state index in [9.17, 15) is 9.50 Å². The van der Waals surface area contributed by atoms with Gasteiger partial charge >= 0.3 is 0 Å². The maximum atomic E-state index is 13.3. The van der Waals surface area contributed by atoms with Crippen molar-refractivity contribution in [2.75, 3.05) is 26.2 Å². The Labute approximate surface area is 107 Å². The zero-order valence-corrected chi connectivity index (χ0v) is 10.7. The molecule has 0 amide bonds. The molecule has 18 heavy (non-hydrogen) atoms. The van der Waals surface area contributed by atoms with Crippen molar-refractivity contribution >= 4 is 0 Å². The predicted molar refractivity (Wildman–Crippen MR) is 68.2 cm³/mol. The molecule has 0 radical (unpaired) electrons. The number of benzene rings is 1. The lowest BCUT2D eigenvalue weighted by atomic mass is 9.89. The molecule has 2 rings (SSSR count). The Bertz CT molecular complexity index is 391. The minimum atomic E-state index is -0.507. The van der Waals surface area contributed by atoms with Crippen molar-refractivity contribution in [2.24, 2.45) is 0 Å². The zero-order chi connectivity index (χ0) is 13.0. The molecule has 0 saturated carbocycles. The third kappa shape index (κ3) is 3.21. The van der Waals surface area contributed by atoms with E-state index in [-0.39, 0.29) is 5.82 Å². The highest BCUT2D eigenvalue weighted by atomic mass is 19.1. The summed E-state index contributed by atoms with van der Waals surface area (Å²) in [6.07, 6.45) is 1.84. The molecule has 1 saturated heterocycles. The molecule has 0 unspecified atom stereocenters. The van der Waals surface area contributed by atoms with E-state index in [0.717, 1.165) is 19.4 Å². The number of ether oxygens (including phenoxy) is 1. The molecule has 0 aliphatic carbocycles. The van der Waals surface area contributed by atoms with Crippen molar-refractivity contribution in [3.63, 3.8) is 0 Å². The van der Waals surface area contributed by atoms with E-state index < -0.39 is 5.60 Å². The fourth-order valence-corrected chi connectivity index (χ4v) is 2.41. The number of hydrogen-bond acceptors (Lipinski definition) is 3. The van der Waals surface area contributed by atoms with Crippen LogP contribution >= 0.6 is 0 Å². The second-order valence-electron chi connectivity index (χ2n) is 4.96. The molecule has 1 fully saturated rings. The molecule has 1 N–H and O–H groups in total. The Morgan fingerprint density at radius 2 is 2.11 bits per heavy atom. The number of β-amino-alcohol motifs (C(OH)–C–C–N with tert-alkyl or cyclic N) is 1. The van der Waals surface area contributed by atoms with Gasteiger partial charge in [0, 0.05) is 19.6 Å². The molecular weight excluding hydrogens is 233 g/mol. The molecule has 4 heteroatoms. The molecule has 0 spiro atoms. The second-order valence-corrected chi connectivity index (χ2v) is 4.96. The van der Waals surface area contributed by atoms with Gasteiger partial charge in [-0.3, -0.25) is 4.90 Å². The summed E-state index contributed by atoms with van der Waals surface area (Å²) in [7, 11) is 0. The second kappa shape index (κ2) is 5.67. The van der Waals surface area contributed by atoms with Crippen LogP contribution in [0.3, 0.4) is 0 Å². The number of para-hydroxylation sites is 1. The molecule has 100 valence electrons. The molecule has 1 heterocycles. The van der Waals surface area contributed by atoms with Crippen LogP contribution in [0.5, 0.6) is 5.75 Å². The summed E-state index contributed by atoms with van der Waals surface area (Å²) in [5, 5.41) is 10.00. The van der Waals surface area contributed by atoms with Gasteiger partial charge in [-0.05, 0) is 18.6 Å². The van der Waals surface area contributed by atoms with Crippen molar-refractivity contribution in [1.29, 1.82) is 0 Å². The number of nitrogens with zero attached hydrogens (tertiary/aromatic N) is 1. The van der Waals surface area contributed by atoms with Crippen LogP contribution in [-0.4, -0.2) is 41.8 Å². The summed E-state index contributed by atoms with van der Waals surface area (Å²) in [4.78, 5) is 2.12. The summed E-state index contributed by atoms with van der Waals surface area (Å²) in [6, 6.07) is 6.41. The lowest BCUT2D eigenvalue weighted by Gasteiger charge is -2.46. The average Bonchev–Trinajstić information content (AvgIpc) is 2.30. The van der Waals surface area contributed by atoms with Crippen LogP contribution in [0.4, 0.5) is 4.39 Å². The molecule has 3 nitrogen and oxygen atoms in total. The summed E-state index contributed by atoms with van der Waals surface area (Å²) in [5.74, 6) is -0.0366. The highest BCUT2D eigenvalue weighted by molar-refractivity contribution is 5.23. The van der Waals surface area contributed by atoms with Crippen LogP contribution in [0.25, 0.3) is 0 Å². The Balaban J connectivity index is 1.68. The summed E-state index contributed by atoms with van der Waals surface area (Å²) >= 11 is 0. The van der Waals surface area contributed by atoms with Gasteiger partial charge in [0.05, 0.1) is 5.60 Å². The van der Waals surface area contributed by atoms with Gasteiger partial charge in [0.15, 0.2) is 11.6 Å². The van der Waals surface area contributed by atoms with Gasteiger partial charge in [-0.15, -0.1) is 0 Å². The Morgan fingerprint density at radius 3 is 2.78 bits per heavy atom. The van der Waals surface area contributed by atoms with Gasteiger partial charge in [-0.1, -0.05) is 25.5 Å². The van der Waals surface area contributed by atoms with Crippen molar-refractivity contribution in [3.05, 3.63) is 30.1 Å². The molecule has 0 aromatic heterocycles. The van der Waals surface area contributed by atoms with E-state index in [1.807, 2.05) is 0 Å². The van der Waals surface area contributed by atoms with E-state index in [2.05, 4.69) is 11.8 Å². The third-order valence-electron chi connectivity index (χ3n) is 3.25. The SMILES string of the molecule is CCCC1(O)CN(CCOc2ccccc2F)C1. The maximum absolute atomic E-state index is 13.3. The van der Waals surface area contributed by atoms with Crippen molar-refractivity contribution < 1.29 is 14.2 Å². The lowest BCUT2D eigenvalue weighted by molar-refractivity contribution is -0.105. The Kier molecular flexibility index (Phi) is 4.19. The standard InChI is InChI=1S/C14H20FNO2/c1-2-7-14(17)10-16(11-14)8-9-18-13-6-4-3-5-12(13)15/h3-6,17H,2,7-11H2,1H3. The van der Waals surface area contributed by atoms with Crippen LogP contribution in [0.2, 0.25) is 0 Å². The average molecular weight is 253 g/mol. The largest absolute Gasteiger partial charge is 0.489 e. The van der Waals surface area contributed by atoms with E-state index in [1.54, 1.807) is 18.2 Å². The number of likely N-dealkylation sites (tertiary alicyclic amines) is 1. The highest BCUT2D eigenvalue weighted by Gasteiger charge is 2.39. The van der Waals surface area contributed by atoms with Crippen LogP contribution in [-0.2, 0) is 0 Å². The van der Waals surface area contributed by atoms with Crippen molar-refractivity contribution in [2.45, 2.75) is 25.4 Å². The van der Waals surface area contributed by atoms with Gasteiger partial charge in [0.25, 0.3) is 0 Å². The smallest absolute Gasteiger partial charge is 0.165 e. The topological polar surface area (TPSA) is 32.7 Å². The zero-order valence-electron chi connectivity index (χ0n) is 10.7. The molecular formula is C14H20FNO2. The molecule has 0 bridgehead atoms. The Hall–Kier alpha value is -1.13. The summed E-state index contributed by atoms with van der Waals surface area (Å²) in [6.45, 7) is 4.63. The van der Waals surface area contributed by atoms with Crippen LogP contribution < -0.4 is 4.74 Å².